The van der Waals surface area contributed by atoms with Gasteiger partial charge in [-0.25, -0.2) is 8.78 Å². The van der Waals surface area contributed by atoms with E-state index in [4.69, 9.17) is 4.74 Å². The molecule has 0 aliphatic carbocycles. The first-order valence-electron chi connectivity index (χ1n) is 6.25. The number of fused-ring (bicyclic) bond motifs is 1. The molecule has 1 aromatic heterocycles. The molecule has 0 saturated carbocycles. The Morgan fingerprint density at radius 2 is 1.95 bits per heavy atom. The lowest BCUT2D eigenvalue weighted by Gasteiger charge is -2.04. The molecule has 0 spiro atoms. The van der Waals surface area contributed by atoms with Crippen molar-refractivity contribution in [3.8, 4) is 5.75 Å². The summed E-state index contributed by atoms with van der Waals surface area (Å²) in [5.74, 6) is -1.19. The summed E-state index contributed by atoms with van der Waals surface area (Å²) in [6.07, 6.45) is 1.52. The molecular formula is C16H11F2NO2. The molecule has 0 unspecified atom stereocenters. The van der Waals surface area contributed by atoms with Crippen LogP contribution in [-0.4, -0.2) is 17.9 Å². The number of rotatable bonds is 3. The van der Waals surface area contributed by atoms with E-state index < -0.39 is 5.82 Å². The van der Waals surface area contributed by atoms with E-state index in [9.17, 15) is 13.6 Å². The second-order valence-corrected chi connectivity index (χ2v) is 4.57. The molecule has 0 radical (unpaired) electrons. The van der Waals surface area contributed by atoms with Gasteiger partial charge in [0, 0.05) is 28.2 Å². The number of nitrogens with one attached hydrogen (secondary N) is 1. The van der Waals surface area contributed by atoms with E-state index in [1.165, 1.54) is 49.7 Å². The molecule has 0 bridgehead atoms. The van der Waals surface area contributed by atoms with Crippen molar-refractivity contribution in [2.75, 3.05) is 7.11 Å². The Balaban J connectivity index is 2.08. The van der Waals surface area contributed by atoms with Crippen molar-refractivity contribution >= 4 is 16.7 Å². The van der Waals surface area contributed by atoms with Crippen LogP contribution in [0.4, 0.5) is 8.78 Å². The summed E-state index contributed by atoms with van der Waals surface area (Å²) in [7, 11) is 1.33. The van der Waals surface area contributed by atoms with Crippen molar-refractivity contribution in [3.05, 3.63) is 65.4 Å². The van der Waals surface area contributed by atoms with Crippen molar-refractivity contribution in [2.45, 2.75) is 0 Å². The molecule has 0 amide bonds. The smallest absolute Gasteiger partial charge is 0.195 e. The van der Waals surface area contributed by atoms with Gasteiger partial charge in [0.25, 0.3) is 0 Å². The highest BCUT2D eigenvalue weighted by molar-refractivity contribution is 6.16. The van der Waals surface area contributed by atoms with Crippen molar-refractivity contribution in [3.63, 3.8) is 0 Å². The van der Waals surface area contributed by atoms with Crippen LogP contribution in [0.15, 0.2) is 42.6 Å². The van der Waals surface area contributed by atoms with Crippen LogP contribution in [0, 0.1) is 11.6 Å². The predicted octanol–water partition coefficient (Wildman–Crippen LogP) is 3.69. The summed E-state index contributed by atoms with van der Waals surface area (Å²) >= 11 is 0. The van der Waals surface area contributed by atoms with Crippen LogP contribution in [0.25, 0.3) is 10.9 Å². The monoisotopic (exact) mass is 287 g/mol. The SMILES string of the molecule is COc1cc(C(=O)c2c[nH]c3cc(F)ccc23)ccc1F. The number of hydrogen-bond donors (Lipinski definition) is 1. The van der Waals surface area contributed by atoms with Crippen molar-refractivity contribution < 1.29 is 18.3 Å². The zero-order valence-corrected chi connectivity index (χ0v) is 11.1. The lowest BCUT2D eigenvalue weighted by atomic mass is 10.0. The third-order valence-corrected chi connectivity index (χ3v) is 3.30. The normalized spacial score (nSPS) is 10.8. The Labute approximate surface area is 119 Å². The van der Waals surface area contributed by atoms with E-state index in [0.29, 0.717) is 22.0 Å². The lowest BCUT2D eigenvalue weighted by molar-refractivity contribution is 0.104. The number of H-pyrrole nitrogens is 1. The van der Waals surface area contributed by atoms with Gasteiger partial charge in [0.2, 0.25) is 0 Å². The number of aromatic amines is 1. The van der Waals surface area contributed by atoms with Gasteiger partial charge < -0.3 is 9.72 Å². The van der Waals surface area contributed by atoms with E-state index in [-0.39, 0.29) is 17.3 Å². The van der Waals surface area contributed by atoms with E-state index in [1.54, 1.807) is 0 Å². The highest BCUT2D eigenvalue weighted by atomic mass is 19.1. The molecule has 3 nitrogen and oxygen atoms in total. The Morgan fingerprint density at radius 1 is 1.14 bits per heavy atom. The molecule has 0 fully saturated rings. The van der Waals surface area contributed by atoms with Crippen molar-refractivity contribution in [1.82, 2.24) is 4.98 Å². The zero-order chi connectivity index (χ0) is 15.0. The zero-order valence-electron chi connectivity index (χ0n) is 11.1. The van der Waals surface area contributed by atoms with Gasteiger partial charge in [-0.3, -0.25) is 4.79 Å². The summed E-state index contributed by atoms with van der Waals surface area (Å²) < 4.78 is 31.4. The number of carbonyl (C=O) groups excluding carboxylic acids is 1. The largest absolute Gasteiger partial charge is 0.494 e. The Morgan fingerprint density at radius 3 is 2.71 bits per heavy atom. The summed E-state index contributed by atoms with van der Waals surface area (Å²) in [5.41, 5.74) is 1.24. The minimum atomic E-state index is -0.532. The number of halogens is 2. The minimum Gasteiger partial charge on any atom is -0.494 e. The lowest BCUT2D eigenvalue weighted by Crippen LogP contribution is -2.01. The number of carbonyl (C=O) groups is 1. The van der Waals surface area contributed by atoms with E-state index in [0.717, 1.165) is 0 Å². The average Bonchev–Trinajstić information content (AvgIpc) is 2.89. The minimum absolute atomic E-state index is 0.00624. The van der Waals surface area contributed by atoms with Crippen LogP contribution in [0.3, 0.4) is 0 Å². The maximum absolute atomic E-state index is 13.4. The molecule has 0 atom stereocenters. The molecule has 1 heterocycles. The predicted molar refractivity (Wildman–Crippen MR) is 74.6 cm³/mol. The summed E-state index contributed by atoms with van der Waals surface area (Å²) in [4.78, 5) is 15.3. The number of hydrogen-bond acceptors (Lipinski definition) is 2. The van der Waals surface area contributed by atoms with Crippen molar-refractivity contribution in [2.24, 2.45) is 0 Å². The van der Waals surface area contributed by atoms with E-state index >= 15 is 0 Å². The van der Waals surface area contributed by atoms with Crippen molar-refractivity contribution in [1.29, 1.82) is 0 Å². The molecule has 106 valence electrons. The maximum Gasteiger partial charge on any atom is 0.195 e. The molecule has 21 heavy (non-hydrogen) atoms. The standard InChI is InChI=1S/C16H11F2NO2/c1-21-15-6-9(2-5-13(15)18)16(20)12-8-19-14-7-10(17)3-4-11(12)14/h2-8,19H,1H3. The molecule has 0 aliphatic heterocycles. The van der Waals surface area contributed by atoms with Gasteiger partial charge in [-0.1, -0.05) is 0 Å². The summed E-state index contributed by atoms with van der Waals surface area (Å²) in [5, 5.41) is 0.615. The summed E-state index contributed by atoms with van der Waals surface area (Å²) in [6.45, 7) is 0. The topological polar surface area (TPSA) is 42.1 Å². The first kappa shape index (κ1) is 13.3. The quantitative estimate of drug-likeness (QED) is 0.746. The Bertz CT molecular complexity index is 839. The Kier molecular flexibility index (Phi) is 3.17. The van der Waals surface area contributed by atoms with E-state index in [1.807, 2.05) is 0 Å². The van der Waals surface area contributed by atoms with Gasteiger partial charge in [-0.2, -0.15) is 0 Å². The molecular weight excluding hydrogens is 276 g/mol. The van der Waals surface area contributed by atoms with Crippen LogP contribution in [0.2, 0.25) is 0 Å². The molecule has 0 aliphatic rings. The fourth-order valence-corrected chi connectivity index (χ4v) is 2.24. The fourth-order valence-electron chi connectivity index (χ4n) is 2.24. The summed E-state index contributed by atoms with van der Waals surface area (Å²) in [6, 6.07) is 8.06. The van der Waals surface area contributed by atoms with Gasteiger partial charge in [0.05, 0.1) is 7.11 Å². The highest BCUT2D eigenvalue weighted by Crippen LogP contribution is 2.24. The molecule has 1 N–H and O–H groups in total. The van der Waals surface area contributed by atoms with Crippen LogP contribution >= 0.6 is 0 Å². The number of ether oxygens (including phenoxy) is 1. The van der Waals surface area contributed by atoms with Crippen LogP contribution in [0.5, 0.6) is 5.75 Å². The fraction of sp³-hybridized carbons (Fsp3) is 0.0625. The number of aromatic nitrogens is 1. The van der Waals surface area contributed by atoms with Crippen LogP contribution in [0.1, 0.15) is 15.9 Å². The molecule has 2 aromatic carbocycles. The average molecular weight is 287 g/mol. The molecule has 3 rings (SSSR count). The van der Waals surface area contributed by atoms with Gasteiger partial charge >= 0.3 is 0 Å². The molecule has 0 saturated heterocycles. The van der Waals surface area contributed by atoms with Gasteiger partial charge in [0.1, 0.15) is 5.82 Å². The maximum atomic E-state index is 13.4. The van der Waals surface area contributed by atoms with Crippen LogP contribution < -0.4 is 4.74 Å². The van der Waals surface area contributed by atoms with Gasteiger partial charge in [0.15, 0.2) is 17.3 Å². The third-order valence-electron chi connectivity index (χ3n) is 3.30. The van der Waals surface area contributed by atoms with E-state index in [2.05, 4.69) is 4.98 Å². The number of methoxy groups -OCH3 is 1. The Hall–Kier alpha value is -2.69. The molecule has 5 heteroatoms. The second-order valence-electron chi connectivity index (χ2n) is 4.57. The number of ketones is 1. The van der Waals surface area contributed by atoms with Gasteiger partial charge in [-0.15, -0.1) is 0 Å². The van der Waals surface area contributed by atoms with Gasteiger partial charge in [-0.05, 0) is 36.4 Å². The second kappa shape index (κ2) is 5.01. The van der Waals surface area contributed by atoms with Crippen LogP contribution in [-0.2, 0) is 0 Å². The first-order chi connectivity index (χ1) is 10.1. The molecule has 3 aromatic rings. The highest BCUT2D eigenvalue weighted by Gasteiger charge is 2.16. The number of benzene rings is 2. The third kappa shape index (κ3) is 2.27. The first-order valence-corrected chi connectivity index (χ1v) is 6.25.